The summed E-state index contributed by atoms with van der Waals surface area (Å²) in [6, 6.07) is 7.89. The van der Waals surface area contributed by atoms with Gasteiger partial charge in [0.15, 0.2) is 0 Å². The molecule has 1 rings (SSSR count). The van der Waals surface area contributed by atoms with Gasteiger partial charge in [0, 0.05) is 0 Å². The molecular weight excluding hydrogens is 244 g/mol. The zero-order valence-electron chi connectivity index (χ0n) is 7.44. The topological polar surface area (TPSA) is 141 Å². The third-order valence-corrected chi connectivity index (χ3v) is 2.00. The minimum Gasteiger partial charge on any atom is -0.274 e. The second-order valence-electron chi connectivity index (χ2n) is 2.37. The van der Waals surface area contributed by atoms with E-state index in [0.717, 1.165) is 0 Å². The Bertz CT molecular complexity index is 486. The summed E-state index contributed by atoms with van der Waals surface area (Å²) < 4.78 is 46.4. The second-order valence-corrected chi connectivity index (χ2v) is 4.96. The lowest BCUT2D eigenvalue weighted by Gasteiger charge is -1.93. The minimum absolute atomic E-state index is 0.148. The molecule has 0 spiro atoms. The molecule has 0 saturated carbocycles. The van der Waals surface area contributed by atoms with Crippen molar-refractivity contribution in [2.45, 2.75) is 4.90 Å². The molecule has 7 nitrogen and oxygen atoms in total. The van der Waals surface area contributed by atoms with Gasteiger partial charge in [0.05, 0.1) is 4.90 Å². The fourth-order valence-electron chi connectivity index (χ4n) is 0.610. The quantitative estimate of drug-likeness (QED) is 0.556. The van der Waals surface area contributed by atoms with Crippen LogP contribution in [-0.4, -0.2) is 21.4 Å². The minimum atomic E-state index is -4.17. The van der Waals surface area contributed by atoms with Gasteiger partial charge in [-0.2, -0.15) is 8.42 Å². The fraction of sp³-hybridized carbons (Fsp3) is 0. The molecule has 86 valence electrons. The highest BCUT2D eigenvalue weighted by Gasteiger charge is 2.03. The summed E-state index contributed by atoms with van der Waals surface area (Å²) in [5.74, 6) is 0. The molecule has 0 bridgehead atoms. The zero-order valence-corrected chi connectivity index (χ0v) is 9.07. The molecule has 5 N–H and O–H groups in total. The molecule has 9 heteroatoms. The fourth-order valence-corrected chi connectivity index (χ4v) is 1.15. The number of nitrogens with two attached hydrogens (primary N) is 2. The van der Waals surface area contributed by atoms with Crippen LogP contribution in [0.3, 0.4) is 0 Å². The summed E-state index contributed by atoms with van der Waals surface area (Å²) in [6.07, 6.45) is 0. The van der Waals surface area contributed by atoms with Crippen molar-refractivity contribution in [2.24, 2.45) is 10.3 Å². The van der Waals surface area contributed by atoms with Crippen LogP contribution in [0.1, 0.15) is 0 Å². The van der Waals surface area contributed by atoms with Crippen LogP contribution in [0.15, 0.2) is 35.2 Å². The van der Waals surface area contributed by atoms with E-state index in [-0.39, 0.29) is 4.90 Å². The molecule has 0 aromatic heterocycles. The van der Waals surface area contributed by atoms with Crippen molar-refractivity contribution in [3.63, 3.8) is 0 Å². The van der Waals surface area contributed by atoms with Gasteiger partial charge in [0.25, 0.3) is 0 Å². The van der Waals surface area contributed by atoms with Crippen molar-refractivity contribution in [1.29, 1.82) is 0 Å². The van der Waals surface area contributed by atoms with Crippen LogP contribution >= 0.6 is 0 Å². The van der Waals surface area contributed by atoms with E-state index in [1.165, 1.54) is 12.1 Å². The first-order valence-electron chi connectivity index (χ1n) is 3.44. The molecule has 0 fully saturated rings. The monoisotopic (exact) mass is 254 g/mol. The Morgan fingerprint density at radius 2 is 1.27 bits per heavy atom. The van der Waals surface area contributed by atoms with E-state index < -0.39 is 20.3 Å². The Hall–Kier alpha value is -1.00. The normalized spacial score (nSPS) is 11.4. The van der Waals surface area contributed by atoms with Crippen LogP contribution in [-0.2, 0) is 20.3 Å². The van der Waals surface area contributed by atoms with E-state index in [1.54, 1.807) is 18.2 Å². The highest BCUT2D eigenvalue weighted by molar-refractivity contribution is 7.89. The number of hydrogen-bond acceptors (Lipinski definition) is 4. The second kappa shape index (κ2) is 5.19. The lowest BCUT2D eigenvalue weighted by molar-refractivity contribution is 0.485. The van der Waals surface area contributed by atoms with Crippen molar-refractivity contribution in [1.82, 2.24) is 0 Å². The largest absolute Gasteiger partial charge is 0.330 e. The Morgan fingerprint density at radius 1 is 0.933 bits per heavy atom. The highest BCUT2D eigenvalue weighted by Crippen LogP contribution is 2.02. The van der Waals surface area contributed by atoms with Gasteiger partial charge in [-0.15, -0.1) is 0 Å². The van der Waals surface area contributed by atoms with Crippen LogP contribution in [0.25, 0.3) is 0 Å². The Kier molecular flexibility index (Phi) is 4.84. The lowest BCUT2D eigenvalue weighted by Crippen LogP contribution is -2.11. The average Bonchev–Trinajstić information content (AvgIpc) is 2.01. The molecule has 0 aliphatic heterocycles. The number of benzene rings is 1. The maximum Gasteiger partial charge on any atom is 0.330 e. The van der Waals surface area contributed by atoms with Gasteiger partial charge in [0.2, 0.25) is 10.0 Å². The highest BCUT2D eigenvalue weighted by atomic mass is 32.2. The van der Waals surface area contributed by atoms with Gasteiger partial charge in [-0.3, -0.25) is 4.55 Å². The van der Waals surface area contributed by atoms with Gasteiger partial charge in [-0.1, -0.05) is 18.2 Å². The van der Waals surface area contributed by atoms with Crippen LogP contribution in [0, 0.1) is 0 Å². The number of hydrogen-bond donors (Lipinski definition) is 3. The predicted molar refractivity (Wildman–Crippen MR) is 53.6 cm³/mol. The van der Waals surface area contributed by atoms with Crippen molar-refractivity contribution >= 4 is 20.3 Å². The number of rotatable bonds is 1. The smallest absolute Gasteiger partial charge is 0.274 e. The van der Waals surface area contributed by atoms with E-state index >= 15 is 0 Å². The maximum atomic E-state index is 10.6. The third-order valence-electron chi connectivity index (χ3n) is 1.07. The summed E-state index contributed by atoms with van der Waals surface area (Å²) in [4.78, 5) is 0.148. The van der Waals surface area contributed by atoms with E-state index in [1.807, 2.05) is 0 Å². The molecule has 0 radical (unpaired) electrons. The van der Waals surface area contributed by atoms with Crippen LogP contribution < -0.4 is 10.3 Å². The van der Waals surface area contributed by atoms with Crippen molar-refractivity contribution in [2.75, 3.05) is 0 Å². The molecule has 1 aromatic carbocycles. The average molecular weight is 254 g/mol. The van der Waals surface area contributed by atoms with Crippen LogP contribution in [0.2, 0.25) is 0 Å². The van der Waals surface area contributed by atoms with E-state index in [2.05, 4.69) is 5.14 Å². The van der Waals surface area contributed by atoms with Gasteiger partial charge >= 0.3 is 10.3 Å². The van der Waals surface area contributed by atoms with E-state index in [9.17, 15) is 8.42 Å². The molecule has 0 amide bonds. The summed E-state index contributed by atoms with van der Waals surface area (Å²) in [6.45, 7) is 0. The summed E-state index contributed by atoms with van der Waals surface area (Å²) >= 11 is 0. The molecule has 0 atom stereocenters. The first kappa shape index (κ1) is 14.0. The van der Waals surface area contributed by atoms with E-state index in [0.29, 0.717) is 0 Å². The van der Waals surface area contributed by atoms with Gasteiger partial charge < -0.3 is 0 Å². The zero-order chi connectivity index (χ0) is 12.1. The standard InChI is InChI=1S/C6H7NO2S.H3NO3S/c7-10(8,9)6-4-2-1-3-5-6;1-5(2,3)4/h1-5H,(H2,7,8,9);(H3,1,2,3,4). The SMILES string of the molecule is NS(=O)(=O)O.NS(=O)(=O)c1ccccc1. The van der Waals surface area contributed by atoms with Gasteiger partial charge in [-0.05, 0) is 12.1 Å². The molecule has 0 aliphatic carbocycles. The first-order valence-corrected chi connectivity index (χ1v) is 6.48. The van der Waals surface area contributed by atoms with Crippen LogP contribution in [0.4, 0.5) is 0 Å². The number of primary sulfonamides is 1. The number of sulfonamides is 1. The molecule has 15 heavy (non-hydrogen) atoms. The summed E-state index contributed by atoms with van der Waals surface area (Å²) in [5, 5.41) is 8.71. The first-order chi connectivity index (χ1) is 6.61. The predicted octanol–water partition coefficient (Wildman–Crippen LogP) is -0.918. The van der Waals surface area contributed by atoms with Crippen molar-refractivity contribution in [3.8, 4) is 0 Å². The van der Waals surface area contributed by atoms with Crippen molar-refractivity contribution < 1.29 is 21.4 Å². The molecule has 0 heterocycles. The van der Waals surface area contributed by atoms with Crippen molar-refractivity contribution in [3.05, 3.63) is 30.3 Å². The summed E-state index contributed by atoms with van der Waals surface area (Å²) in [7, 11) is -7.67. The molecule has 0 unspecified atom stereocenters. The summed E-state index contributed by atoms with van der Waals surface area (Å²) in [5.41, 5.74) is 0. The van der Waals surface area contributed by atoms with Gasteiger partial charge in [0.1, 0.15) is 0 Å². The molecule has 0 aliphatic rings. The van der Waals surface area contributed by atoms with Gasteiger partial charge in [-0.25, -0.2) is 18.7 Å². The molecular formula is C6H10N2O5S2. The Labute approximate surface area is 87.6 Å². The lowest BCUT2D eigenvalue weighted by atomic mass is 10.4. The van der Waals surface area contributed by atoms with E-state index in [4.69, 9.17) is 18.1 Å². The maximum absolute atomic E-state index is 10.6. The molecule has 0 saturated heterocycles. The third kappa shape index (κ3) is 9.31. The molecule has 1 aromatic rings. The Balaban J connectivity index is 0.000000336. The Morgan fingerprint density at radius 3 is 1.47 bits per heavy atom. The van der Waals surface area contributed by atoms with Crippen LogP contribution in [0.5, 0.6) is 0 Å².